The molecule has 3 rings (SSSR count). The lowest BCUT2D eigenvalue weighted by atomic mass is 10.1. The molecule has 0 aliphatic rings. The number of hydrogen-bond donors (Lipinski definition) is 1. The van der Waals surface area contributed by atoms with E-state index in [0.29, 0.717) is 12.1 Å². The standard InChI is InChI=1S/C15H14BrN3O/c1-19-13-7-3-2-5-10(13)12(18-19)9-14(20)15-11(16)6-4-8-17-15/h2-8,14,20H,9H2,1H3. The van der Waals surface area contributed by atoms with Gasteiger partial charge in [-0.2, -0.15) is 5.10 Å². The minimum absolute atomic E-state index is 0.441. The van der Waals surface area contributed by atoms with Crippen molar-refractivity contribution >= 4 is 26.8 Å². The molecule has 3 aromatic rings. The molecule has 0 saturated carbocycles. The van der Waals surface area contributed by atoms with Crippen molar-refractivity contribution in [1.82, 2.24) is 14.8 Å². The van der Waals surface area contributed by atoms with Crippen LogP contribution in [0, 0.1) is 0 Å². The lowest BCUT2D eigenvalue weighted by Gasteiger charge is -2.10. The van der Waals surface area contributed by atoms with Crippen molar-refractivity contribution in [3.63, 3.8) is 0 Å². The quantitative estimate of drug-likeness (QED) is 0.802. The van der Waals surface area contributed by atoms with Crippen LogP contribution in [0.2, 0.25) is 0 Å². The average molecular weight is 332 g/mol. The van der Waals surface area contributed by atoms with Crippen molar-refractivity contribution in [2.45, 2.75) is 12.5 Å². The van der Waals surface area contributed by atoms with Crippen LogP contribution < -0.4 is 0 Å². The van der Waals surface area contributed by atoms with E-state index in [4.69, 9.17) is 0 Å². The minimum Gasteiger partial charge on any atom is -0.386 e. The summed E-state index contributed by atoms with van der Waals surface area (Å²) in [6.07, 6.45) is 1.44. The first kappa shape index (κ1) is 13.3. The Bertz CT molecular complexity index is 754. The number of aliphatic hydroxyl groups excluding tert-OH is 1. The number of rotatable bonds is 3. The maximum atomic E-state index is 10.4. The van der Waals surface area contributed by atoms with Crippen molar-refractivity contribution in [3.05, 3.63) is 58.5 Å². The Hall–Kier alpha value is -1.72. The Balaban J connectivity index is 1.96. The largest absolute Gasteiger partial charge is 0.386 e. The molecule has 2 heterocycles. The van der Waals surface area contributed by atoms with Crippen LogP contribution >= 0.6 is 15.9 Å². The van der Waals surface area contributed by atoms with Gasteiger partial charge in [-0.15, -0.1) is 0 Å². The van der Waals surface area contributed by atoms with Crippen LogP contribution in [-0.4, -0.2) is 19.9 Å². The Morgan fingerprint density at radius 2 is 2.05 bits per heavy atom. The summed E-state index contributed by atoms with van der Waals surface area (Å²) in [7, 11) is 1.91. The highest BCUT2D eigenvalue weighted by molar-refractivity contribution is 9.10. The van der Waals surface area contributed by atoms with E-state index in [1.807, 2.05) is 48.1 Å². The van der Waals surface area contributed by atoms with Gasteiger partial charge < -0.3 is 5.11 Å². The summed E-state index contributed by atoms with van der Waals surface area (Å²) < 4.78 is 2.65. The van der Waals surface area contributed by atoms with E-state index >= 15 is 0 Å². The topological polar surface area (TPSA) is 50.9 Å². The third kappa shape index (κ3) is 2.34. The van der Waals surface area contributed by atoms with Crippen molar-refractivity contribution < 1.29 is 5.11 Å². The molecule has 1 aromatic carbocycles. The van der Waals surface area contributed by atoms with Gasteiger partial charge in [0.25, 0.3) is 0 Å². The second-order valence-electron chi connectivity index (χ2n) is 4.68. The predicted octanol–water partition coefficient (Wildman–Crippen LogP) is 3.01. The highest BCUT2D eigenvalue weighted by atomic mass is 79.9. The first-order valence-corrected chi connectivity index (χ1v) is 7.15. The van der Waals surface area contributed by atoms with E-state index in [1.165, 1.54) is 0 Å². The number of aromatic nitrogens is 3. The molecule has 2 aromatic heterocycles. The summed E-state index contributed by atoms with van der Waals surface area (Å²) in [5.41, 5.74) is 2.59. The Labute approximate surface area is 125 Å². The molecule has 0 spiro atoms. The van der Waals surface area contributed by atoms with Crippen LogP contribution in [0.15, 0.2) is 47.1 Å². The molecule has 5 heteroatoms. The van der Waals surface area contributed by atoms with Gasteiger partial charge in [0.2, 0.25) is 0 Å². The second-order valence-corrected chi connectivity index (χ2v) is 5.53. The van der Waals surface area contributed by atoms with Gasteiger partial charge in [0.05, 0.1) is 16.9 Å². The lowest BCUT2D eigenvalue weighted by Crippen LogP contribution is -2.06. The SMILES string of the molecule is Cn1nc(CC(O)c2ncccc2Br)c2ccccc21. The number of hydrogen-bond acceptors (Lipinski definition) is 3. The fourth-order valence-electron chi connectivity index (χ4n) is 2.36. The van der Waals surface area contributed by atoms with Crippen LogP contribution in [0.1, 0.15) is 17.5 Å². The van der Waals surface area contributed by atoms with E-state index in [9.17, 15) is 5.11 Å². The fraction of sp³-hybridized carbons (Fsp3) is 0.200. The summed E-state index contributed by atoms with van der Waals surface area (Å²) in [5.74, 6) is 0. The molecule has 102 valence electrons. The van der Waals surface area contributed by atoms with Crippen molar-refractivity contribution in [3.8, 4) is 0 Å². The van der Waals surface area contributed by atoms with E-state index in [0.717, 1.165) is 21.1 Å². The number of pyridine rings is 1. The van der Waals surface area contributed by atoms with Gasteiger partial charge in [0, 0.05) is 29.5 Å². The van der Waals surface area contributed by atoms with Crippen LogP contribution in [0.3, 0.4) is 0 Å². The number of nitrogens with zero attached hydrogens (tertiary/aromatic N) is 3. The zero-order valence-corrected chi connectivity index (χ0v) is 12.6. The maximum Gasteiger partial charge on any atom is 0.103 e. The highest BCUT2D eigenvalue weighted by Crippen LogP contribution is 2.26. The second kappa shape index (κ2) is 5.34. The monoisotopic (exact) mass is 331 g/mol. The van der Waals surface area contributed by atoms with Gasteiger partial charge in [0.1, 0.15) is 6.10 Å². The molecule has 0 aliphatic carbocycles. The normalized spacial score (nSPS) is 12.8. The summed E-state index contributed by atoms with van der Waals surface area (Å²) in [6.45, 7) is 0. The molecule has 0 radical (unpaired) electrons. The van der Waals surface area contributed by atoms with E-state index < -0.39 is 6.10 Å². The molecule has 0 fully saturated rings. The van der Waals surface area contributed by atoms with Crippen LogP contribution in [0.25, 0.3) is 10.9 Å². The van der Waals surface area contributed by atoms with Gasteiger partial charge in [0.15, 0.2) is 0 Å². The molecular formula is C15H14BrN3O. The number of halogens is 1. The highest BCUT2D eigenvalue weighted by Gasteiger charge is 2.17. The zero-order chi connectivity index (χ0) is 14.1. The van der Waals surface area contributed by atoms with E-state index in [2.05, 4.69) is 26.0 Å². The molecule has 20 heavy (non-hydrogen) atoms. The van der Waals surface area contributed by atoms with Crippen molar-refractivity contribution in [2.24, 2.45) is 7.05 Å². The third-order valence-electron chi connectivity index (χ3n) is 3.32. The first-order chi connectivity index (χ1) is 9.66. The Morgan fingerprint density at radius 3 is 2.85 bits per heavy atom. The summed E-state index contributed by atoms with van der Waals surface area (Å²) in [5, 5.41) is 16.0. The fourth-order valence-corrected chi connectivity index (χ4v) is 2.88. The minimum atomic E-state index is -0.677. The lowest BCUT2D eigenvalue weighted by molar-refractivity contribution is 0.171. The summed E-state index contributed by atoms with van der Waals surface area (Å²) >= 11 is 3.42. The number of benzene rings is 1. The Kier molecular flexibility index (Phi) is 3.54. The number of aryl methyl sites for hydroxylation is 1. The molecule has 0 saturated heterocycles. The molecule has 0 aliphatic heterocycles. The molecule has 1 unspecified atom stereocenters. The molecular weight excluding hydrogens is 318 g/mol. The molecule has 1 N–H and O–H groups in total. The third-order valence-corrected chi connectivity index (χ3v) is 3.99. The molecule has 1 atom stereocenters. The van der Waals surface area contributed by atoms with Crippen molar-refractivity contribution in [1.29, 1.82) is 0 Å². The molecule has 0 bridgehead atoms. The summed E-state index contributed by atoms with van der Waals surface area (Å²) in [6, 6.07) is 11.7. The van der Waals surface area contributed by atoms with Gasteiger partial charge >= 0.3 is 0 Å². The predicted molar refractivity (Wildman–Crippen MR) is 81.3 cm³/mol. The van der Waals surface area contributed by atoms with E-state index in [1.54, 1.807) is 6.20 Å². The van der Waals surface area contributed by atoms with Crippen LogP contribution in [-0.2, 0) is 13.5 Å². The smallest absolute Gasteiger partial charge is 0.103 e. The van der Waals surface area contributed by atoms with Gasteiger partial charge in [-0.05, 0) is 34.1 Å². The summed E-state index contributed by atoms with van der Waals surface area (Å²) in [4.78, 5) is 4.23. The van der Waals surface area contributed by atoms with Crippen LogP contribution in [0.4, 0.5) is 0 Å². The zero-order valence-electron chi connectivity index (χ0n) is 11.0. The number of aliphatic hydroxyl groups is 1. The molecule has 4 nitrogen and oxygen atoms in total. The van der Waals surface area contributed by atoms with Gasteiger partial charge in [-0.1, -0.05) is 18.2 Å². The van der Waals surface area contributed by atoms with Crippen molar-refractivity contribution in [2.75, 3.05) is 0 Å². The Morgan fingerprint density at radius 1 is 1.25 bits per heavy atom. The molecule has 0 amide bonds. The van der Waals surface area contributed by atoms with E-state index in [-0.39, 0.29) is 0 Å². The van der Waals surface area contributed by atoms with Gasteiger partial charge in [-0.25, -0.2) is 0 Å². The number of para-hydroxylation sites is 1. The van der Waals surface area contributed by atoms with Crippen LogP contribution in [0.5, 0.6) is 0 Å². The first-order valence-electron chi connectivity index (χ1n) is 6.36. The maximum absolute atomic E-state index is 10.4. The van der Waals surface area contributed by atoms with Gasteiger partial charge in [-0.3, -0.25) is 9.67 Å². The number of fused-ring (bicyclic) bond motifs is 1. The average Bonchev–Trinajstić information content (AvgIpc) is 2.76.